The van der Waals surface area contributed by atoms with Crippen LogP contribution in [0.2, 0.25) is 0 Å². The maximum atomic E-state index is 13.0. The summed E-state index contributed by atoms with van der Waals surface area (Å²) >= 11 is 0. The van der Waals surface area contributed by atoms with Crippen LogP contribution in [0.1, 0.15) is 33.9 Å². The lowest BCUT2D eigenvalue weighted by atomic mass is 9.67. The van der Waals surface area contributed by atoms with Crippen molar-refractivity contribution >= 4 is 11.6 Å². The normalized spacial score (nSPS) is 28.0. The highest BCUT2D eigenvalue weighted by molar-refractivity contribution is 6.01. The van der Waals surface area contributed by atoms with E-state index in [4.69, 9.17) is 9.47 Å². The fourth-order valence-corrected chi connectivity index (χ4v) is 4.35. The molecule has 0 spiro atoms. The highest BCUT2D eigenvalue weighted by atomic mass is 16.5. The van der Waals surface area contributed by atoms with E-state index >= 15 is 0 Å². The van der Waals surface area contributed by atoms with Crippen molar-refractivity contribution in [3.8, 4) is 0 Å². The highest BCUT2D eigenvalue weighted by Gasteiger charge is 2.54. The van der Waals surface area contributed by atoms with Crippen LogP contribution in [0.5, 0.6) is 0 Å². The van der Waals surface area contributed by atoms with Crippen molar-refractivity contribution < 1.29 is 14.3 Å². The first-order valence-electron chi connectivity index (χ1n) is 8.76. The van der Waals surface area contributed by atoms with Crippen LogP contribution in [0.3, 0.4) is 0 Å². The van der Waals surface area contributed by atoms with E-state index in [2.05, 4.69) is 15.4 Å². The Labute approximate surface area is 146 Å². The molecule has 1 saturated carbocycles. The Balaban J connectivity index is 1.63. The van der Waals surface area contributed by atoms with E-state index in [1.165, 1.54) is 0 Å². The van der Waals surface area contributed by atoms with Gasteiger partial charge in [-0.05, 0) is 33.3 Å². The van der Waals surface area contributed by atoms with Gasteiger partial charge in [0, 0.05) is 43.0 Å². The molecule has 2 aromatic rings. The first-order valence-corrected chi connectivity index (χ1v) is 8.76. The third-order valence-corrected chi connectivity index (χ3v) is 5.48. The molecule has 2 aliphatic rings. The van der Waals surface area contributed by atoms with E-state index in [1.807, 2.05) is 26.8 Å². The van der Waals surface area contributed by atoms with Crippen molar-refractivity contribution in [2.45, 2.75) is 39.3 Å². The average molecular weight is 344 g/mol. The van der Waals surface area contributed by atoms with Crippen molar-refractivity contribution in [2.24, 2.45) is 11.8 Å². The number of nitrogens with one attached hydrogen (secondary N) is 1. The van der Waals surface area contributed by atoms with Crippen molar-refractivity contribution in [1.82, 2.24) is 19.9 Å². The molecule has 4 rings (SSSR count). The molecule has 1 aliphatic carbocycles. The third kappa shape index (κ3) is 2.53. The molecule has 2 aromatic heterocycles. The standard InChI is InChI=1S/C18H24N4O3/c1-9-7-10(2)22-17(19-9)14(11(3)21-22)18(23)20-15-12-5-6-25-16(12)13(15)8-24-4/h7,12-13,15-16H,5-6,8H2,1-4H3,(H,20,23)/t12-,13+,15-,16-/m0/s1. The number of amides is 1. The SMILES string of the molecule is COC[C@@H]1[C@@H](NC(=O)c2c(C)nn3c(C)cc(C)nc23)[C@@H]2CCO[C@H]12. The molecule has 0 radical (unpaired) electrons. The van der Waals surface area contributed by atoms with Gasteiger partial charge in [0.2, 0.25) is 0 Å². The van der Waals surface area contributed by atoms with E-state index in [-0.39, 0.29) is 24.0 Å². The zero-order valence-corrected chi connectivity index (χ0v) is 15.1. The van der Waals surface area contributed by atoms with Crippen molar-refractivity contribution in [2.75, 3.05) is 20.3 Å². The number of carbonyl (C=O) groups is 1. The smallest absolute Gasteiger partial charge is 0.257 e. The van der Waals surface area contributed by atoms with Gasteiger partial charge in [-0.3, -0.25) is 4.79 Å². The van der Waals surface area contributed by atoms with Crippen LogP contribution in [0.15, 0.2) is 6.07 Å². The van der Waals surface area contributed by atoms with Crippen molar-refractivity contribution in [3.63, 3.8) is 0 Å². The molecule has 3 heterocycles. The van der Waals surface area contributed by atoms with E-state index in [0.29, 0.717) is 29.4 Å². The van der Waals surface area contributed by atoms with Gasteiger partial charge in [-0.15, -0.1) is 0 Å². The zero-order chi connectivity index (χ0) is 17.7. The van der Waals surface area contributed by atoms with Crippen LogP contribution in [-0.2, 0) is 9.47 Å². The lowest BCUT2D eigenvalue weighted by molar-refractivity contribution is -0.0809. The second-order valence-corrected chi connectivity index (χ2v) is 7.14. The first kappa shape index (κ1) is 16.5. The maximum Gasteiger partial charge on any atom is 0.257 e. The maximum absolute atomic E-state index is 13.0. The molecule has 2 fully saturated rings. The highest BCUT2D eigenvalue weighted by Crippen LogP contribution is 2.43. The Morgan fingerprint density at radius 2 is 2.24 bits per heavy atom. The number of rotatable bonds is 4. The lowest BCUT2D eigenvalue weighted by Gasteiger charge is -2.47. The largest absolute Gasteiger partial charge is 0.384 e. The summed E-state index contributed by atoms with van der Waals surface area (Å²) < 4.78 is 12.8. The quantitative estimate of drug-likeness (QED) is 0.908. The van der Waals surface area contributed by atoms with E-state index in [1.54, 1.807) is 11.6 Å². The Morgan fingerprint density at radius 3 is 3.00 bits per heavy atom. The molecule has 1 saturated heterocycles. The second-order valence-electron chi connectivity index (χ2n) is 7.14. The average Bonchev–Trinajstić information content (AvgIpc) is 3.12. The molecule has 4 atom stereocenters. The topological polar surface area (TPSA) is 77.8 Å². The predicted molar refractivity (Wildman–Crippen MR) is 91.7 cm³/mol. The minimum Gasteiger partial charge on any atom is -0.384 e. The molecule has 0 unspecified atom stereocenters. The monoisotopic (exact) mass is 344 g/mol. The Kier molecular flexibility index (Phi) is 4.00. The Morgan fingerprint density at radius 1 is 1.44 bits per heavy atom. The number of hydrogen-bond donors (Lipinski definition) is 1. The molecule has 1 N–H and O–H groups in total. The van der Waals surface area contributed by atoms with Gasteiger partial charge in [-0.1, -0.05) is 0 Å². The molecule has 7 nitrogen and oxygen atoms in total. The van der Waals surface area contributed by atoms with Gasteiger partial charge in [0.05, 0.1) is 18.4 Å². The molecular weight excluding hydrogens is 320 g/mol. The number of aromatic nitrogens is 3. The molecule has 0 bridgehead atoms. The number of aryl methyl sites for hydroxylation is 3. The van der Waals surface area contributed by atoms with Crippen LogP contribution in [0, 0.1) is 32.6 Å². The molecule has 1 aliphatic heterocycles. The summed E-state index contributed by atoms with van der Waals surface area (Å²) in [4.78, 5) is 17.6. The Bertz CT molecular complexity index is 831. The molecule has 134 valence electrons. The summed E-state index contributed by atoms with van der Waals surface area (Å²) in [5, 5.41) is 7.70. The van der Waals surface area contributed by atoms with Crippen LogP contribution in [0.4, 0.5) is 0 Å². The summed E-state index contributed by atoms with van der Waals surface area (Å²) in [6.45, 7) is 7.11. The van der Waals surface area contributed by atoms with Crippen molar-refractivity contribution in [3.05, 3.63) is 28.7 Å². The van der Waals surface area contributed by atoms with Crippen molar-refractivity contribution in [1.29, 1.82) is 0 Å². The summed E-state index contributed by atoms with van der Waals surface area (Å²) in [5.41, 5.74) is 3.72. The van der Waals surface area contributed by atoms with Crippen LogP contribution < -0.4 is 5.32 Å². The molecule has 1 amide bonds. The van der Waals surface area contributed by atoms with Gasteiger partial charge in [-0.25, -0.2) is 9.50 Å². The molecule has 7 heteroatoms. The van der Waals surface area contributed by atoms with Gasteiger partial charge >= 0.3 is 0 Å². The first-order chi connectivity index (χ1) is 12.0. The van der Waals surface area contributed by atoms with E-state index < -0.39 is 0 Å². The summed E-state index contributed by atoms with van der Waals surface area (Å²) in [6.07, 6.45) is 1.19. The molecular formula is C18H24N4O3. The minimum absolute atomic E-state index is 0.0835. The van der Waals surface area contributed by atoms with Gasteiger partial charge in [0.15, 0.2) is 5.65 Å². The summed E-state index contributed by atoms with van der Waals surface area (Å²) in [6, 6.07) is 2.04. The zero-order valence-electron chi connectivity index (χ0n) is 15.1. The fraction of sp³-hybridized carbons (Fsp3) is 0.611. The number of hydrogen-bond acceptors (Lipinski definition) is 5. The lowest BCUT2D eigenvalue weighted by Crippen LogP contribution is -2.62. The van der Waals surface area contributed by atoms with E-state index in [9.17, 15) is 4.79 Å². The minimum atomic E-state index is -0.110. The molecule has 0 aromatic carbocycles. The predicted octanol–water partition coefficient (Wildman–Crippen LogP) is 1.43. The number of nitrogens with zero attached hydrogens (tertiary/aromatic N) is 3. The summed E-state index contributed by atoms with van der Waals surface area (Å²) in [7, 11) is 1.69. The van der Waals surface area contributed by atoms with Gasteiger partial charge in [-0.2, -0.15) is 5.10 Å². The third-order valence-electron chi connectivity index (χ3n) is 5.48. The Hall–Kier alpha value is -1.99. The summed E-state index contributed by atoms with van der Waals surface area (Å²) in [5.74, 6) is 0.476. The van der Waals surface area contributed by atoms with Crippen LogP contribution >= 0.6 is 0 Å². The number of carbonyl (C=O) groups excluding carboxylic acids is 1. The van der Waals surface area contributed by atoms with Gasteiger partial charge in [0.25, 0.3) is 5.91 Å². The number of methoxy groups -OCH3 is 1. The molecule has 25 heavy (non-hydrogen) atoms. The van der Waals surface area contributed by atoms with E-state index in [0.717, 1.165) is 24.4 Å². The van der Waals surface area contributed by atoms with Crippen LogP contribution in [-0.4, -0.2) is 53.0 Å². The fourth-order valence-electron chi connectivity index (χ4n) is 4.35. The van der Waals surface area contributed by atoms with Crippen LogP contribution in [0.25, 0.3) is 5.65 Å². The number of ether oxygens (including phenoxy) is 2. The van der Waals surface area contributed by atoms with Gasteiger partial charge in [0.1, 0.15) is 5.56 Å². The number of fused-ring (bicyclic) bond motifs is 2. The van der Waals surface area contributed by atoms with Gasteiger partial charge < -0.3 is 14.8 Å². The second kappa shape index (κ2) is 6.07.